The summed E-state index contributed by atoms with van der Waals surface area (Å²) in [7, 11) is -3.52. The number of amides is 4. The van der Waals surface area contributed by atoms with Crippen LogP contribution in [-0.4, -0.2) is 73.1 Å². The van der Waals surface area contributed by atoms with E-state index in [1.54, 1.807) is 31.2 Å². The Hall–Kier alpha value is -3.24. The predicted octanol–water partition coefficient (Wildman–Crippen LogP) is 2.43. The molecule has 2 fully saturated rings. The third-order valence-electron chi connectivity index (χ3n) is 7.07. The van der Waals surface area contributed by atoms with Crippen LogP contribution in [0.3, 0.4) is 0 Å². The van der Waals surface area contributed by atoms with Gasteiger partial charge < -0.3 is 10.2 Å². The fourth-order valence-corrected chi connectivity index (χ4v) is 6.18. The van der Waals surface area contributed by atoms with Gasteiger partial charge in [0.2, 0.25) is 15.9 Å². The van der Waals surface area contributed by atoms with E-state index in [1.165, 1.54) is 9.21 Å². The lowest BCUT2D eigenvalue weighted by molar-refractivity contribution is -0.139. The van der Waals surface area contributed by atoms with Gasteiger partial charge in [0.05, 0.1) is 5.75 Å². The molecule has 4 amide bonds. The number of sulfonamides is 1. The quantitative estimate of drug-likeness (QED) is 0.582. The van der Waals surface area contributed by atoms with Crippen LogP contribution in [0.1, 0.15) is 44.4 Å². The fourth-order valence-electron chi connectivity index (χ4n) is 4.67. The van der Waals surface area contributed by atoms with E-state index >= 15 is 0 Å². The molecule has 2 aliphatic heterocycles. The minimum absolute atomic E-state index is 0.0499. The van der Waals surface area contributed by atoms with Gasteiger partial charge >= 0.3 is 6.03 Å². The number of nitrogens with zero attached hydrogens (tertiary/aromatic N) is 3. The summed E-state index contributed by atoms with van der Waals surface area (Å²) in [5.74, 6) is -0.978. The van der Waals surface area contributed by atoms with Gasteiger partial charge in [0.1, 0.15) is 12.1 Å². The summed E-state index contributed by atoms with van der Waals surface area (Å²) in [5.41, 5.74) is 1.14. The van der Waals surface area contributed by atoms with Gasteiger partial charge in [-0.05, 0) is 29.0 Å². The molecule has 2 heterocycles. The molecule has 1 N–H and O–H groups in total. The topological polar surface area (TPSA) is 107 Å². The predicted molar refractivity (Wildman–Crippen MR) is 140 cm³/mol. The zero-order chi connectivity index (χ0) is 27.0. The molecule has 1 atom stereocenters. The van der Waals surface area contributed by atoms with Crippen molar-refractivity contribution in [2.24, 2.45) is 0 Å². The number of hydrogen-bond donors (Lipinski definition) is 1. The lowest BCUT2D eigenvalue weighted by atomic mass is 9.84. The molecule has 0 spiro atoms. The summed E-state index contributed by atoms with van der Waals surface area (Å²) >= 11 is 0. The summed E-state index contributed by atoms with van der Waals surface area (Å²) in [4.78, 5) is 41.4. The van der Waals surface area contributed by atoms with Crippen molar-refractivity contribution in [2.45, 2.75) is 44.4 Å². The average molecular weight is 527 g/mol. The lowest BCUT2D eigenvalue weighted by Crippen LogP contribution is -2.53. The van der Waals surface area contributed by atoms with E-state index in [2.05, 4.69) is 26.1 Å². The highest BCUT2D eigenvalue weighted by molar-refractivity contribution is 7.88. The Kier molecular flexibility index (Phi) is 7.18. The Morgan fingerprint density at radius 3 is 2.11 bits per heavy atom. The summed E-state index contributed by atoms with van der Waals surface area (Å²) in [6.07, 6.45) is 0. The van der Waals surface area contributed by atoms with Crippen LogP contribution in [-0.2, 0) is 36.3 Å². The van der Waals surface area contributed by atoms with Crippen molar-refractivity contribution < 1.29 is 22.8 Å². The minimum atomic E-state index is -3.52. The third kappa shape index (κ3) is 5.55. The van der Waals surface area contributed by atoms with Crippen molar-refractivity contribution in [3.05, 3.63) is 71.3 Å². The molecule has 4 rings (SSSR count). The van der Waals surface area contributed by atoms with Crippen LogP contribution in [0.2, 0.25) is 0 Å². The number of urea groups is 1. The Balaban J connectivity index is 1.37. The monoisotopic (exact) mass is 526 g/mol. The highest BCUT2D eigenvalue weighted by Gasteiger charge is 2.50. The van der Waals surface area contributed by atoms with Gasteiger partial charge in [0.25, 0.3) is 5.91 Å². The number of piperazine rings is 1. The molecule has 0 aromatic heterocycles. The van der Waals surface area contributed by atoms with E-state index in [1.807, 2.05) is 30.3 Å². The van der Waals surface area contributed by atoms with Gasteiger partial charge in [-0.15, -0.1) is 0 Å². The van der Waals surface area contributed by atoms with Crippen molar-refractivity contribution in [3.63, 3.8) is 0 Å². The highest BCUT2D eigenvalue weighted by Crippen LogP contribution is 2.31. The molecule has 0 aliphatic carbocycles. The Morgan fingerprint density at radius 2 is 1.54 bits per heavy atom. The zero-order valence-corrected chi connectivity index (χ0v) is 22.5. The van der Waals surface area contributed by atoms with E-state index in [4.69, 9.17) is 0 Å². The van der Waals surface area contributed by atoms with Crippen molar-refractivity contribution in [1.29, 1.82) is 0 Å². The molecule has 37 heavy (non-hydrogen) atoms. The standard InChI is InChI=1S/C27H34N4O5S/c1-26(2,3)21-10-12-22(13-11-21)27(4)24(33)31(25(34)28-27)18-23(32)29-14-16-30(17-15-29)37(35,36)19-20-8-6-5-7-9-20/h5-13H,14-19H2,1-4H3,(H,28,34)/t27-/m1/s1. The van der Waals surface area contributed by atoms with Crippen LogP contribution in [0.15, 0.2) is 54.6 Å². The van der Waals surface area contributed by atoms with Gasteiger partial charge in [-0.2, -0.15) is 4.31 Å². The SMILES string of the molecule is CC(C)(C)c1ccc([C@@]2(C)NC(=O)N(CC(=O)N3CCN(S(=O)(=O)Cc4ccccc4)CC3)C2=O)cc1. The van der Waals surface area contributed by atoms with E-state index in [0.717, 1.165) is 10.5 Å². The second kappa shape index (κ2) is 9.90. The first-order valence-electron chi connectivity index (χ1n) is 12.4. The zero-order valence-electron chi connectivity index (χ0n) is 21.7. The highest BCUT2D eigenvalue weighted by atomic mass is 32.2. The van der Waals surface area contributed by atoms with E-state index in [9.17, 15) is 22.8 Å². The first-order valence-corrected chi connectivity index (χ1v) is 14.0. The smallest absolute Gasteiger partial charge is 0.325 e. The molecule has 2 aromatic carbocycles. The molecule has 198 valence electrons. The fraction of sp³-hybridized carbons (Fsp3) is 0.444. The second-order valence-corrected chi connectivity index (χ2v) is 12.8. The molecule has 9 nitrogen and oxygen atoms in total. The van der Waals surface area contributed by atoms with Crippen LogP contribution < -0.4 is 5.32 Å². The van der Waals surface area contributed by atoms with E-state index in [0.29, 0.717) is 11.1 Å². The summed E-state index contributed by atoms with van der Waals surface area (Å²) in [6, 6.07) is 15.9. The maximum Gasteiger partial charge on any atom is 0.325 e. The number of carbonyl (C=O) groups excluding carboxylic acids is 3. The van der Waals surface area contributed by atoms with Crippen molar-refractivity contribution in [1.82, 2.24) is 19.4 Å². The third-order valence-corrected chi connectivity index (χ3v) is 8.92. The largest absolute Gasteiger partial charge is 0.338 e. The van der Waals surface area contributed by atoms with Crippen molar-refractivity contribution >= 4 is 27.9 Å². The minimum Gasteiger partial charge on any atom is -0.338 e. The van der Waals surface area contributed by atoms with Crippen molar-refractivity contribution in [2.75, 3.05) is 32.7 Å². The first kappa shape index (κ1) is 26.8. The summed E-state index contributed by atoms with van der Waals surface area (Å²) in [5, 5.41) is 2.74. The first-order chi connectivity index (χ1) is 17.3. The number of rotatable bonds is 6. The molecule has 0 bridgehead atoms. The molecule has 0 radical (unpaired) electrons. The molecule has 10 heteroatoms. The van der Waals surface area contributed by atoms with Gasteiger partial charge in [-0.25, -0.2) is 13.2 Å². The normalized spacial score (nSPS) is 21.3. The van der Waals surface area contributed by atoms with Crippen LogP contribution >= 0.6 is 0 Å². The molecule has 0 saturated carbocycles. The van der Waals surface area contributed by atoms with Crippen LogP contribution in [0.5, 0.6) is 0 Å². The molecule has 2 aromatic rings. The Labute approximate surface area is 218 Å². The van der Waals surface area contributed by atoms with Gasteiger partial charge in [-0.1, -0.05) is 75.4 Å². The Morgan fingerprint density at radius 1 is 0.946 bits per heavy atom. The number of hydrogen-bond acceptors (Lipinski definition) is 5. The van der Waals surface area contributed by atoms with Gasteiger partial charge in [-0.3, -0.25) is 14.5 Å². The molecule has 0 unspecified atom stereocenters. The second-order valence-electron chi connectivity index (χ2n) is 10.8. The number of nitrogens with one attached hydrogen (secondary N) is 1. The van der Waals surface area contributed by atoms with E-state index < -0.39 is 40.0 Å². The maximum atomic E-state index is 13.3. The molecular formula is C27H34N4O5S. The van der Waals surface area contributed by atoms with Crippen LogP contribution in [0, 0.1) is 0 Å². The maximum absolute atomic E-state index is 13.3. The van der Waals surface area contributed by atoms with Crippen LogP contribution in [0.25, 0.3) is 0 Å². The Bertz CT molecular complexity index is 1280. The summed E-state index contributed by atoms with van der Waals surface area (Å²) in [6.45, 7) is 8.26. The van der Waals surface area contributed by atoms with Gasteiger partial charge in [0, 0.05) is 26.2 Å². The lowest BCUT2D eigenvalue weighted by Gasteiger charge is -2.34. The van der Waals surface area contributed by atoms with Crippen LogP contribution in [0.4, 0.5) is 4.79 Å². The number of carbonyl (C=O) groups is 3. The molecular weight excluding hydrogens is 492 g/mol. The van der Waals surface area contributed by atoms with Crippen molar-refractivity contribution in [3.8, 4) is 0 Å². The van der Waals surface area contributed by atoms with Gasteiger partial charge in [0.15, 0.2) is 0 Å². The average Bonchev–Trinajstić information content (AvgIpc) is 3.07. The molecule has 2 aliphatic rings. The van der Waals surface area contributed by atoms with E-state index in [-0.39, 0.29) is 37.3 Å². The molecule has 2 saturated heterocycles. The number of benzene rings is 2. The number of imide groups is 1. The summed E-state index contributed by atoms with van der Waals surface area (Å²) < 4.78 is 27.0.